The van der Waals surface area contributed by atoms with E-state index in [1.54, 1.807) is 60.0 Å². The summed E-state index contributed by atoms with van der Waals surface area (Å²) in [7, 11) is -3.82. The highest BCUT2D eigenvalue weighted by Gasteiger charge is 2.28. The van der Waals surface area contributed by atoms with Crippen molar-refractivity contribution in [3.63, 3.8) is 0 Å². The summed E-state index contributed by atoms with van der Waals surface area (Å²) in [4.78, 5) is 28.1. The van der Waals surface area contributed by atoms with E-state index >= 15 is 0 Å². The van der Waals surface area contributed by atoms with Crippen LogP contribution in [-0.4, -0.2) is 69.5 Å². The molecule has 166 valence electrons. The van der Waals surface area contributed by atoms with E-state index in [1.165, 1.54) is 16.4 Å². The minimum absolute atomic E-state index is 0.0641. The average molecular weight is 446 g/mol. The topological polar surface area (TPSA) is 87.2 Å². The molecule has 9 heteroatoms. The van der Waals surface area contributed by atoms with E-state index in [1.807, 2.05) is 6.07 Å². The number of piperazine rings is 1. The number of para-hydroxylation sites is 1. The standard InChI is InChI=1S/C22H27N3O5S/c1-3-25(19-10-6-5-7-11-19)31(28,29)20-12-8-9-18(17-20)21(26)23-13-15-24(16-14-23)22(27)30-4-2/h5-12,17H,3-4,13-16H2,1-2H3. The maximum atomic E-state index is 13.2. The van der Waals surface area contributed by atoms with Crippen LogP contribution in [0.5, 0.6) is 0 Å². The Morgan fingerprint density at radius 3 is 2.19 bits per heavy atom. The van der Waals surface area contributed by atoms with Gasteiger partial charge in [0.05, 0.1) is 17.2 Å². The second kappa shape index (κ2) is 9.82. The van der Waals surface area contributed by atoms with Gasteiger partial charge in [0.25, 0.3) is 15.9 Å². The molecule has 0 atom stereocenters. The van der Waals surface area contributed by atoms with Crippen molar-refractivity contribution in [2.24, 2.45) is 0 Å². The normalized spacial score (nSPS) is 14.3. The number of sulfonamides is 1. The first kappa shape index (κ1) is 22.6. The fourth-order valence-corrected chi connectivity index (χ4v) is 5.01. The highest BCUT2D eigenvalue weighted by molar-refractivity contribution is 7.92. The van der Waals surface area contributed by atoms with Crippen molar-refractivity contribution in [1.82, 2.24) is 9.80 Å². The van der Waals surface area contributed by atoms with Crippen LogP contribution in [0.25, 0.3) is 0 Å². The molecule has 1 saturated heterocycles. The first-order chi connectivity index (χ1) is 14.9. The van der Waals surface area contributed by atoms with E-state index in [-0.39, 0.29) is 23.4 Å². The third-order valence-electron chi connectivity index (χ3n) is 5.09. The molecule has 1 heterocycles. The minimum atomic E-state index is -3.82. The molecule has 0 aliphatic carbocycles. The number of nitrogens with zero attached hydrogens (tertiary/aromatic N) is 3. The maximum Gasteiger partial charge on any atom is 0.409 e. The lowest BCUT2D eigenvalue weighted by molar-refractivity contribution is 0.0570. The first-order valence-corrected chi connectivity index (χ1v) is 11.7. The number of rotatable bonds is 6. The van der Waals surface area contributed by atoms with Crippen LogP contribution >= 0.6 is 0 Å². The molecule has 31 heavy (non-hydrogen) atoms. The van der Waals surface area contributed by atoms with Crippen molar-refractivity contribution in [3.8, 4) is 0 Å². The predicted molar refractivity (Wildman–Crippen MR) is 118 cm³/mol. The van der Waals surface area contributed by atoms with Crippen LogP contribution in [0.4, 0.5) is 10.5 Å². The molecule has 0 spiro atoms. The quantitative estimate of drug-likeness (QED) is 0.682. The molecule has 8 nitrogen and oxygen atoms in total. The molecule has 0 saturated carbocycles. The molecule has 1 aliphatic rings. The molecule has 0 unspecified atom stereocenters. The average Bonchev–Trinajstić information content (AvgIpc) is 2.80. The fourth-order valence-electron chi connectivity index (χ4n) is 3.49. The highest BCUT2D eigenvalue weighted by Crippen LogP contribution is 2.24. The molecular weight excluding hydrogens is 418 g/mol. The van der Waals surface area contributed by atoms with Crippen molar-refractivity contribution in [2.75, 3.05) is 43.6 Å². The van der Waals surface area contributed by atoms with Crippen LogP contribution in [0.3, 0.4) is 0 Å². The summed E-state index contributed by atoms with van der Waals surface area (Å²) in [6, 6.07) is 15.0. The molecule has 2 aromatic rings. The molecule has 0 aromatic heterocycles. The van der Waals surface area contributed by atoms with Crippen LogP contribution in [0.2, 0.25) is 0 Å². The van der Waals surface area contributed by atoms with Crippen LogP contribution in [0.1, 0.15) is 24.2 Å². The van der Waals surface area contributed by atoms with Crippen molar-refractivity contribution >= 4 is 27.7 Å². The van der Waals surface area contributed by atoms with Gasteiger partial charge >= 0.3 is 6.09 Å². The van der Waals surface area contributed by atoms with Gasteiger partial charge in [0, 0.05) is 38.3 Å². The summed E-state index contributed by atoms with van der Waals surface area (Å²) in [5, 5.41) is 0. The smallest absolute Gasteiger partial charge is 0.409 e. The van der Waals surface area contributed by atoms with Crippen LogP contribution in [-0.2, 0) is 14.8 Å². The monoisotopic (exact) mass is 445 g/mol. The number of ether oxygens (including phenoxy) is 1. The van der Waals surface area contributed by atoms with E-state index in [2.05, 4.69) is 0 Å². The molecule has 3 rings (SSSR count). The molecule has 0 N–H and O–H groups in total. The van der Waals surface area contributed by atoms with Gasteiger partial charge in [-0.15, -0.1) is 0 Å². The van der Waals surface area contributed by atoms with Crippen molar-refractivity contribution in [1.29, 1.82) is 0 Å². The summed E-state index contributed by atoms with van der Waals surface area (Å²) in [6.07, 6.45) is -0.386. The van der Waals surface area contributed by atoms with Gasteiger partial charge in [0.2, 0.25) is 0 Å². The Morgan fingerprint density at radius 2 is 1.58 bits per heavy atom. The highest BCUT2D eigenvalue weighted by atomic mass is 32.2. The Bertz CT molecular complexity index is 1020. The van der Waals surface area contributed by atoms with E-state index in [0.717, 1.165) is 0 Å². The lowest BCUT2D eigenvalue weighted by Crippen LogP contribution is -2.50. The molecule has 1 fully saturated rings. The van der Waals surface area contributed by atoms with Gasteiger partial charge in [-0.05, 0) is 44.2 Å². The Hall–Kier alpha value is -3.07. The molecule has 2 aromatic carbocycles. The van der Waals surface area contributed by atoms with Gasteiger partial charge in [0.1, 0.15) is 0 Å². The lowest BCUT2D eigenvalue weighted by Gasteiger charge is -2.34. The Balaban J connectivity index is 1.77. The number of carbonyl (C=O) groups excluding carboxylic acids is 2. The van der Waals surface area contributed by atoms with Gasteiger partial charge in [-0.1, -0.05) is 24.3 Å². The summed E-state index contributed by atoms with van der Waals surface area (Å²) in [5.74, 6) is -0.261. The fraction of sp³-hybridized carbons (Fsp3) is 0.364. The van der Waals surface area contributed by atoms with Gasteiger partial charge in [0.15, 0.2) is 0 Å². The van der Waals surface area contributed by atoms with Crippen LogP contribution < -0.4 is 4.31 Å². The number of carbonyl (C=O) groups is 2. The zero-order chi connectivity index (χ0) is 22.4. The largest absolute Gasteiger partial charge is 0.450 e. The molecule has 0 bridgehead atoms. The Morgan fingerprint density at radius 1 is 0.935 bits per heavy atom. The number of hydrogen-bond acceptors (Lipinski definition) is 5. The summed E-state index contributed by atoms with van der Waals surface area (Å²) >= 11 is 0. The zero-order valence-corrected chi connectivity index (χ0v) is 18.5. The van der Waals surface area contributed by atoms with Crippen molar-refractivity contribution in [3.05, 3.63) is 60.2 Å². The summed E-state index contributed by atoms with van der Waals surface area (Å²) in [6.45, 7) is 5.55. The Kier molecular flexibility index (Phi) is 7.17. The number of benzene rings is 2. The maximum absolute atomic E-state index is 13.2. The zero-order valence-electron chi connectivity index (χ0n) is 17.7. The van der Waals surface area contributed by atoms with E-state index in [9.17, 15) is 18.0 Å². The molecule has 1 aliphatic heterocycles. The number of amides is 2. The summed E-state index contributed by atoms with van der Waals surface area (Å²) in [5.41, 5.74) is 0.867. The van der Waals surface area contributed by atoms with Crippen LogP contribution in [0, 0.1) is 0 Å². The Labute approximate surface area is 183 Å². The van der Waals surface area contributed by atoms with Crippen molar-refractivity contribution in [2.45, 2.75) is 18.7 Å². The van der Waals surface area contributed by atoms with Gasteiger partial charge in [-0.3, -0.25) is 9.10 Å². The van der Waals surface area contributed by atoms with E-state index < -0.39 is 10.0 Å². The first-order valence-electron chi connectivity index (χ1n) is 10.3. The third kappa shape index (κ3) is 4.99. The van der Waals surface area contributed by atoms with Crippen LogP contribution in [0.15, 0.2) is 59.5 Å². The minimum Gasteiger partial charge on any atom is -0.450 e. The molecular formula is C22H27N3O5S. The van der Waals surface area contributed by atoms with Gasteiger partial charge in [-0.2, -0.15) is 0 Å². The predicted octanol–water partition coefficient (Wildman–Crippen LogP) is 2.82. The van der Waals surface area contributed by atoms with Gasteiger partial charge < -0.3 is 14.5 Å². The molecule has 0 radical (unpaired) electrons. The molecule has 2 amide bonds. The van der Waals surface area contributed by atoms with E-state index in [4.69, 9.17) is 4.74 Å². The van der Waals surface area contributed by atoms with E-state index in [0.29, 0.717) is 44.0 Å². The number of anilines is 1. The van der Waals surface area contributed by atoms with Crippen molar-refractivity contribution < 1.29 is 22.7 Å². The number of hydrogen-bond donors (Lipinski definition) is 0. The van der Waals surface area contributed by atoms with Gasteiger partial charge in [-0.25, -0.2) is 13.2 Å². The SMILES string of the molecule is CCOC(=O)N1CCN(C(=O)c2cccc(S(=O)(=O)N(CC)c3ccccc3)c2)CC1. The second-order valence-electron chi connectivity index (χ2n) is 7.01. The third-order valence-corrected chi connectivity index (χ3v) is 6.99. The lowest BCUT2D eigenvalue weighted by atomic mass is 10.2. The summed E-state index contributed by atoms with van der Waals surface area (Å²) < 4.78 is 32.8. The second-order valence-corrected chi connectivity index (χ2v) is 8.87.